The molecule has 0 spiro atoms. The second-order valence-electron chi connectivity index (χ2n) is 4.72. The monoisotopic (exact) mass is 234 g/mol. The van der Waals surface area contributed by atoms with E-state index in [0.717, 1.165) is 37.4 Å². The predicted molar refractivity (Wildman–Crippen MR) is 70.3 cm³/mol. The van der Waals surface area contributed by atoms with Crippen molar-refractivity contribution in [2.24, 2.45) is 0 Å². The zero-order chi connectivity index (χ0) is 12.1. The number of hydrogen-bond acceptors (Lipinski definition) is 4. The van der Waals surface area contributed by atoms with E-state index in [-0.39, 0.29) is 0 Å². The molecule has 1 aliphatic heterocycles. The van der Waals surface area contributed by atoms with Gasteiger partial charge >= 0.3 is 0 Å². The molecule has 1 fully saturated rings. The molecular formula is C13H22N4. The van der Waals surface area contributed by atoms with E-state index in [0.29, 0.717) is 6.04 Å². The average Bonchev–Trinajstić information content (AvgIpc) is 2.40. The van der Waals surface area contributed by atoms with Gasteiger partial charge < -0.3 is 10.2 Å². The van der Waals surface area contributed by atoms with Gasteiger partial charge in [-0.2, -0.15) is 5.10 Å². The van der Waals surface area contributed by atoms with Crippen molar-refractivity contribution in [3.8, 4) is 0 Å². The summed E-state index contributed by atoms with van der Waals surface area (Å²) < 4.78 is 0. The molecule has 4 nitrogen and oxygen atoms in total. The molecule has 2 rings (SSSR count). The fourth-order valence-corrected chi connectivity index (χ4v) is 2.31. The van der Waals surface area contributed by atoms with Gasteiger partial charge in [-0.15, -0.1) is 5.10 Å². The van der Waals surface area contributed by atoms with Crippen molar-refractivity contribution in [3.63, 3.8) is 0 Å². The van der Waals surface area contributed by atoms with Gasteiger partial charge in [0.2, 0.25) is 0 Å². The molecule has 0 radical (unpaired) electrons. The fourth-order valence-electron chi connectivity index (χ4n) is 2.31. The zero-order valence-electron chi connectivity index (χ0n) is 10.8. The Kier molecular flexibility index (Phi) is 4.31. The third-order valence-corrected chi connectivity index (χ3v) is 3.43. The number of anilines is 1. The van der Waals surface area contributed by atoms with Gasteiger partial charge in [-0.3, -0.25) is 0 Å². The van der Waals surface area contributed by atoms with Crippen LogP contribution in [0.5, 0.6) is 0 Å². The smallest absolute Gasteiger partial charge is 0.151 e. The van der Waals surface area contributed by atoms with E-state index in [2.05, 4.69) is 46.5 Å². The molecular weight excluding hydrogens is 212 g/mol. The number of piperidine rings is 1. The molecule has 1 saturated heterocycles. The lowest BCUT2D eigenvalue weighted by Gasteiger charge is -2.32. The summed E-state index contributed by atoms with van der Waals surface area (Å²) in [6.07, 6.45) is 4.52. The van der Waals surface area contributed by atoms with Gasteiger partial charge in [-0.05, 0) is 44.5 Å². The first-order valence-electron chi connectivity index (χ1n) is 6.57. The van der Waals surface area contributed by atoms with Crippen LogP contribution in [0.4, 0.5) is 5.82 Å². The summed E-state index contributed by atoms with van der Waals surface area (Å²) in [6, 6.07) is 4.80. The molecule has 1 N–H and O–H groups in total. The van der Waals surface area contributed by atoms with E-state index in [1.54, 1.807) is 0 Å². The van der Waals surface area contributed by atoms with Gasteiger partial charge in [-0.25, -0.2) is 0 Å². The van der Waals surface area contributed by atoms with Crippen LogP contribution in [0.2, 0.25) is 0 Å². The van der Waals surface area contributed by atoms with E-state index in [1.807, 2.05) is 0 Å². The molecule has 1 aromatic heterocycles. The highest BCUT2D eigenvalue weighted by Crippen LogP contribution is 2.17. The minimum atomic E-state index is 0.600. The molecule has 1 aliphatic rings. The summed E-state index contributed by atoms with van der Waals surface area (Å²) >= 11 is 0. The summed E-state index contributed by atoms with van der Waals surface area (Å²) in [5.74, 6) is 0.997. The quantitative estimate of drug-likeness (QED) is 0.859. The van der Waals surface area contributed by atoms with Crippen molar-refractivity contribution in [2.75, 3.05) is 25.0 Å². The first kappa shape index (κ1) is 12.3. The average molecular weight is 234 g/mol. The molecule has 17 heavy (non-hydrogen) atoms. The van der Waals surface area contributed by atoms with Crippen LogP contribution in [0, 0.1) is 0 Å². The Morgan fingerprint density at radius 1 is 1.29 bits per heavy atom. The van der Waals surface area contributed by atoms with E-state index in [4.69, 9.17) is 0 Å². The van der Waals surface area contributed by atoms with Gasteiger partial charge in [0.05, 0.1) is 5.69 Å². The number of aryl methyl sites for hydroxylation is 1. The molecule has 0 amide bonds. The van der Waals surface area contributed by atoms with Crippen molar-refractivity contribution in [1.29, 1.82) is 0 Å². The van der Waals surface area contributed by atoms with Crippen LogP contribution in [0.3, 0.4) is 0 Å². The summed E-state index contributed by atoms with van der Waals surface area (Å²) in [6.45, 7) is 4.38. The molecule has 4 heteroatoms. The lowest BCUT2D eigenvalue weighted by molar-refractivity contribution is 0.441. The molecule has 0 unspecified atom stereocenters. The third kappa shape index (κ3) is 3.16. The molecule has 94 valence electrons. The van der Waals surface area contributed by atoms with Crippen LogP contribution >= 0.6 is 0 Å². The molecule has 0 aliphatic carbocycles. The Bertz CT molecular complexity index is 330. The van der Waals surface area contributed by atoms with Gasteiger partial charge in [-0.1, -0.05) is 13.3 Å². The van der Waals surface area contributed by atoms with Crippen molar-refractivity contribution in [3.05, 3.63) is 17.8 Å². The maximum Gasteiger partial charge on any atom is 0.151 e. The van der Waals surface area contributed by atoms with Crippen molar-refractivity contribution < 1.29 is 0 Å². The van der Waals surface area contributed by atoms with Crippen molar-refractivity contribution in [2.45, 2.75) is 38.6 Å². The van der Waals surface area contributed by atoms with Crippen molar-refractivity contribution in [1.82, 2.24) is 15.5 Å². The molecule has 0 aromatic carbocycles. The predicted octanol–water partition coefficient (Wildman–Crippen LogP) is 1.62. The number of aromatic nitrogens is 2. The molecule has 0 atom stereocenters. The number of rotatable bonds is 4. The highest BCUT2D eigenvalue weighted by molar-refractivity contribution is 5.37. The molecule has 0 bridgehead atoms. The SMILES string of the molecule is CCCc1ccc(N(C)C2CCNCC2)nn1. The fraction of sp³-hybridized carbons (Fsp3) is 0.692. The van der Waals surface area contributed by atoms with E-state index < -0.39 is 0 Å². The maximum absolute atomic E-state index is 4.33. The Hall–Kier alpha value is -1.16. The van der Waals surface area contributed by atoms with Crippen LogP contribution in [0.15, 0.2) is 12.1 Å². The molecule has 1 aromatic rings. The maximum atomic E-state index is 4.33. The summed E-state index contributed by atoms with van der Waals surface area (Å²) in [5.41, 5.74) is 1.09. The van der Waals surface area contributed by atoms with Crippen LogP contribution in [-0.4, -0.2) is 36.4 Å². The molecule has 0 saturated carbocycles. The summed E-state index contributed by atoms with van der Waals surface area (Å²) in [4.78, 5) is 2.27. The normalized spacial score (nSPS) is 17.1. The number of hydrogen-bond donors (Lipinski definition) is 1. The second-order valence-corrected chi connectivity index (χ2v) is 4.72. The van der Waals surface area contributed by atoms with Gasteiger partial charge in [0.25, 0.3) is 0 Å². The first-order valence-corrected chi connectivity index (χ1v) is 6.57. The lowest BCUT2D eigenvalue weighted by Crippen LogP contribution is -2.41. The largest absolute Gasteiger partial charge is 0.355 e. The summed E-state index contributed by atoms with van der Waals surface area (Å²) in [5, 5.41) is 12.0. The van der Waals surface area contributed by atoms with Crippen LogP contribution in [-0.2, 0) is 6.42 Å². The minimum absolute atomic E-state index is 0.600. The second kappa shape index (κ2) is 5.96. The van der Waals surface area contributed by atoms with E-state index >= 15 is 0 Å². The van der Waals surface area contributed by atoms with Crippen LogP contribution in [0.1, 0.15) is 31.9 Å². The zero-order valence-corrected chi connectivity index (χ0v) is 10.8. The van der Waals surface area contributed by atoms with Crippen LogP contribution in [0.25, 0.3) is 0 Å². The standard InChI is InChI=1S/C13H22N4/c1-3-4-11-5-6-13(16-15-11)17(2)12-7-9-14-10-8-12/h5-6,12,14H,3-4,7-10H2,1-2H3. The third-order valence-electron chi connectivity index (χ3n) is 3.43. The van der Waals surface area contributed by atoms with E-state index in [9.17, 15) is 0 Å². The summed E-state index contributed by atoms with van der Waals surface area (Å²) in [7, 11) is 2.12. The molecule has 2 heterocycles. The Labute approximate surface area is 103 Å². The number of nitrogens with one attached hydrogen (secondary N) is 1. The highest BCUT2D eigenvalue weighted by atomic mass is 15.3. The Balaban J connectivity index is 2.00. The van der Waals surface area contributed by atoms with Gasteiger partial charge in [0.1, 0.15) is 0 Å². The first-order chi connectivity index (χ1) is 8.31. The topological polar surface area (TPSA) is 41.0 Å². The Morgan fingerprint density at radius 3 is 2.65 bits per heavy atom. The van der Waals surface area contributed by atoms with Gasteiger partial charge in [0.15, 0.2) is 5.82 Å². The number of nitrogens with zero attached hydrogens (tertiary/aromatic N) is 3. The van der Waals surface area contributed by atoms with Gasteiger partial charge in [0, 0.05) is 13.1 Å². The Morgan fingerprint density at radius 2 is 2.06 bits per heavy atom. The highest BCUT2D eigenvalue weighted by Gasteiger charge is 2.18. The van der Waals surface area contributed by atoms with Crippen LogP contribution < -0.4 is 10.2 Å². The lowest BCUT2D eigenvalue weighted by atomic mass is 10.1. The van der Waals surface area contributed by atoms with Crippen molar-refractivity contribution >= 4 is 5.82 Å². The minimum Gasteiger partial charge on any atom is -0.355 e. The van der Waals surface area contributed by atoms with E-state index in [1.165, 1.54) is 12.8 Å².